The molecule has 0 radical (unpaired) electrons. The van der Waals surface area contributed by atoms with Crippen LogP contribution >= 0.6 is 0 Å². The van der Waals surface area contributed by atoms with Crippen LogP contribution in [0.25, 0.3) is 0 Å². The fourth-order valence-corrected chi connectivity index (χ4v) is 2.43. The molecule has 0 aromatic heterocycles. The lowest BCUT2D eigenvalue weighted by Gasteiger charge is -2.32. The minimum Gasteiger partial charge on any atom is -0.380 e. The van der Waals surface area contributed by atoms with Gasteiger partial charge in [0.25, 0.3) is 0 Å². The molecule has 0 saturated carbocycles. The molecule has 1 aliphatic rings. The third kappa shape index (κ3) is 5.33. The Morgan fingerprint density at radius 3 is 2.83 bits per heavy atom. The van der Waals surface area contributed by atoms with Gasteiger partial charge in [0.15, 0.2) is 0 Å². The van der Waals surface area contributed by atoms with E-state index in [9.17, 15) is 4.79 Å². The van der Waals surface area contributed by atoms with Crippen LogP contribution < -0.4 is 11.1 Å². The molecule has 1 heterocycles. The van der Waals surface area contributed by atoms with Crippen LogP contribution in [0.1, 0.15) is 33.1 Å². The van der Waals surface area contributed by atoms with Crippen LogP contribution in [0.2, 0.25) is 0 Å². The normalized spacial score (nSPS) is 23.2. The first-order valence-corrected chi connectivity index (χ1v) is 6.83. The first kappa shape index (κ1) is 15.4. The number of amides is 1. The van der Waals surface area contributed by atoms with Crippen molar-refractivity contribution < 1.29 is 9.53 Å². The molecule has 1 saturated heterocycles. The molecule has 0 aromatic carbocycles. The molecule has 3 N–H and O–H groups in total. The largest absolute Gasteiger partial charge is 0.380 e. The summed E-state index contributed by atoms with van der Waals surface area (Å²) in [5, 5.41) is 3.21. The molecule has 0 bridgehead atoms. The number of carbonyl (C=O) groups excluding carboxylic acids is 1. The monoisotopic (exact) mass is 257 g/mol. The smallest absolute Gasteiger partial charge is 0.234 e. The number of nitrogens with zero attached hydrogens (tertiary/aromatic N) is 1. The molecule has 18 heavy (non-hydrogen) atoms. The van der Waals surface area contributed by atoms with Crippen molar-refractivity contribution in [2.24, 2.45) is 5.73 Å². The highest BCUT2D eigenvalue weighted by molar-refractivity contribution is 5.79. The van der Waals surface area contributed by atoms with Gasteiger partial charge in [0.2, 0.25) is 5.91 Å². The minimum atomic E-state index is -0.260. The summed E-state index contributed by atoms with van der Waals surface area (Å²) in [4.78, 5) is 13.7. The van der Waals surface area contributed by atoms with Crippen LogP contribution in [0.15, 0.2) is 0 Å². The SMILES string of the molecule is COC1CCCN(CCC(NC(C)C)C(N)=O)C1. The third-order valence-electron chi connectivity index (χ3n) is 3.41. The van der Waals surface area contributed by atoms with Crippen LogP contribution in [0.4, 0.5) is 0 Å². The summed E-state index contributed by atoms with van der Waals surface area (Å²) in [7, 11) is 1.76. The van der Waals surface area contributed by atoms with Gasteiger partial charge in [-0.05, 0) is 25.8 Å². The fourth-order valence-electron chi connectivity index (χ4n) is 2.43. The Bertz CT molecular complexity index is 259. The summed E-state index contributed by atoms with van der Waals surface area (Å²) < 4.78 is 5.39. The Kier molecular flexibility index (Phi) is 6.60. The number of hydrogen-bond acceptors (Lipinski definition) is 4. The number of likely N-dealkylation sites (tertiary alicyclic amines) is 1. The second-order valence-corrected chi connectivity index (χ2v) is 5.37. The van der Waals surface area contributed by atoms with Gasteiger partial charge in [-0.15, -0.1) is 0 Å². The van der Waals surface area contributed by atoms with Gasteiger partial charge in [-0.1, -0.05) is 13.8 Å². The lowest BCUT2D eigenvalue weighted by Crippen LogP contribution is -2.47. The zero-order valence-corrected chi connectivity index (χ0v) is 11.8. The summed E-state index contributed by atoms with van der Waals surface area (Å²) >= 11 is 0. The van der Waals surface area contributed by atoms with Gasteiger partial charge in [0.1, 0.15) is 0 Å². The number of primary amides is 1. The highest BCUT2D eigenvalue weighted by Crippen LogP contribution is 2.13. The van der Waals surface area contributed by atoms with Gasteiger partial charge < -0.3 is 20.7 Å². The Morgan fingerprint density at radius 2 is 2.28 bits per heavy atom. The topological polar surface area (TPSA) is 67.6 Å². The van der Waals surface area contributed by atoms with Crippen molar-refractivity contribution in [3.63, 3.8) is 0 Å². The molecule has 5 heteroatoms. The zero-order valence-electron chi connectivity index (χ0n) is 11.8. The summed E-state index contributed by atoms with van der Waals surface area (Å²) in [6, 6.07) is 0.0449. The van der Waals surface area contributed by atoms with Crippen molar-refractivity contribution in [3.05, 3.63) is 0 Å². The summed E-state index contributed by atoms with van der Waals surface area (Å²) in [6.07, 6.45) is 3.40. The van der Waals surface area contributed by atoms with Gasteiger partial charge in [-0.2, -0.15) is 0 Å². The molecule has 5 nitrogen and oxygen atoms in total. The van der Waals surface area contributed by atoms with E-state index in [-0.39, 0.29) is 18.0 Å². The number of piperidine rings is 1. The molecule has 1 fully saturated rings. The third-order valence-corrected chi connectivity index (χ3v) is 3.41. The van der Waals surface area contributed by atoms with Crippen LogP contribution in [-0.4, -0.2) is 55.7 Å². The van der Waals surface area contributed by atoms with E-state index in [4.69, 9.17) is 10.5 Å². The second-order valence-electron chi connectivity index (χ2n) is 5.37. The minimum absolute atomic E-state index is 0.229. The number of carbonyl (C=O) groups is 1. The number of ether oxygens (including phenoxy) is 1. The fraction of sp³-hybridized carbons (Fsp3) is 0.923. The number of hydrogen-bond donors (Lipinski definition) is 2. The Morgan fingerprint density at radius 1 is 1.56 bits per heavy atom. The standard InChI is InChI=1S/C13H27N3O2/c1-10(2)15-12(13(14)17)6-8-16-7-4-5-11(9-16)18-3/h10-12,15H,4-9H2,1-3H3,(H2,14,17). The van der Waals surface area contributed by atoms with Gasteiger partial charge >= 0.3 is 0 Å². The lowest BCUT2D eigenvalue weighted by atomic mass is 10.1. The number of nitrogens with one attached hydrogen (secondary N) is 1. The average molecular weight is 257 g/mol. The van der Waals surface area contributed by atoms with Crippen molar-refractivity contribution in [2.75, 3.05) is 26.7 Å². The number of rotatable bonds is 7. The van der Waals surface area contributed by atoms with E-state index in [1.165, 1.54) is 0 Å². The van der Waals surface area contributed by atoms with E-state index < -0.39 is 0 Å². The summed E-state index contributed by atoms with van der Waals surface area (Å²) in [5.41, 5.74) is 5.41. The molecule has 0 aromatic rings. The van der Waals surface area contributed by atoms with Crippen molar-refractivity contribution in [1.82, 2.24) is 10.2 Å². The molecule has 0 aliphatic carbocycles. The lowest BCUT2D eigenvalue weighted by molar-refractivity contribution is -0.120. The zero-order chi connectivity index (χ0) is 13.5. The van der Waals surface area contributed by atoms with E-state index in [0.717, 1.165) is 38.9 Å². The van der Waals surface area contributed by atoms with Crippen molar-refractivity contribution in [2.45, 2.75) is 51.3 Å². The van der Waals surface area contributed by atoms with Gasteiger partial charge in [0, 0.05) is 26.2 Å². The van der Waals surface area contributed by atoms with Crippen LogP contribution in [0.3, 0.4) is 0 Å². The maximum atomic E-state index is 11.3. The molecule has 1 rings (SSSR count). The van der Waals surface area contributed by atoms with Crippen LogP contribution in [0, 0.1) is 0 Å². The first-order chi connectivity index (χ1) is 8.52. The molecule has 2 unspecified atom stereocenters. The maximum absolute atomic E-state index is 11.3. The van der Waals surface area contributed by atoms with E-state index in [2.05, 4.69) is 10.2 Å². The molecular weight excluding hydrogens is 230 g/mol. The van der Waals surface area contributed by atoms with E-state index in [1.54, 1.807) is 7.11 Å². The molecule has 0 spiro atoms. The molecule has 2 atom stereocenters. The molecule has 1 aliphatic heterocycles. The first-order valence-electron chi connectivity index (χ1n) is 6.83. The summed E-state index contributed by atoms with van der Waals surface area (Å²) in [5.74, 6) is -0.260. The summed E-state index contributed by atoms with van der Waals surface area (Å²) in [6.45, 7) is 7.00. The highest BCUT2D eigenvalue weighted by atomic mass is 16.5. The molecule has 106 valence electrons. The van der Waals surface area contributed by atoms with Gasteiger partial charge in [-0.3, -0.25) is 4.79 Å². The van der Waals surface area contributed by atoms with E-state index in [0.29, 0.717) is 6.10 Å². The number of methoxy groups -OCH3 is 1. The molecule has 1 amide bonds. The van der Waals surface area contributed by atoms with E-state index in [1.807, 2.05) is 13.8 Å². The Hall–Kier alpha value is -0.650. The quantitative estimate of drug-likeness (QED) is 0.690. The second kappa shape index (κ2) is 7.71. The van der Waals surface area contributed by atoms with Crippen LogP contribution in [0.5, 0.6) is 0 Å². The van der Waals surface area contributed by atoms with Crippen molar-refractivity contribution in [3.8, 4) is 0 Å². The highest BCUT2D eigenvalue weighted by Gasteiger charge is 2.22. The van der Waals surface area contributed by atoms with Gasteiger partial charge in [-0.25, -0.2) is 0 Å². The molecular formula is C13H27N3O2. The van der Waals surface area contributed by atoms with E-state index >= 15 is 0 Å². The van der Waals surface area contributed by atoms with Crippen molar-refractivity contribution >= 4 is 5.91 Å². The maximum Gasteiger partial charge on any atom is 0.234 e. The predicted octanol–water partition coefficient (Wildman–Crippen LogP) is 0.339. The predicted molar refractivity (Wildman–Crippen MR) is 72.3 cm³/mol. The van der Waals surface area contributed by atoms with Gasteiger partial charge in [0.05, 0.1) is 12.1 Å². The average Bonchev–Trinajstić information content (AvgIpc) is 2.34. The number of nitrogens with two attached hydrogens (primary N) is 1. The Labute approximate surface area is 110 Å². The Balaban J connectivity index is 2.34. The van der Waals surface area contributed by atoms with Crippen LogP contribution in [-0.2, 0) is 9.53 Å². The van der Waals surface area contributed by atoms with Crippen molar-refractivity contribution in [1.29, 1.82) is 0 Å².